The highest BCUT2D eigenvalue weighted by Crippen LogP contribution is 2.34. The lowest BCUT2D eigenvalue weighted by molar-refractivity contribution is -0.141. The van der Waals surface area contributed by atoms with Crippen LogP contribution in [0.3, 0.4) is 0 Å². The van der Waals surface area contributed by atoms with E-state index in [9.17, 15) is 9.90 Å². The number of nitrogens with two attached hydrogens (primary N) is 1. The van der Waals surface area contributed by atoms with Gasteiger partial charge < -0.3 is 15.6 Å². The van der Waals surface area contributed by atoms with Gasteiger partial charge in [-0.1, -0.05) is 15.9 Å². The van der Waals surface area contributed by atoms with Crippen molar-refractivity contribution in [3.63, 3.8) is 0 Å². The second-order valence-corrected chi connectivity index (χ2v) is 5.38. The van der Waals surface area contributed by atoms with Crippen molar-refractivity contribution in [1.29, 1.82) is 0 Å². The number of hydrogen-bond donors (Lipinski definition) is 2. The third-order valence-corrected chi connectivity index (χ3v) is 3.61. The number of rotatable bonds is 5. The monoisotopic (exact) mass is 313 g/mol. The smallest absolute Gasteiger partial charge is 0.306 e. The Kier molecular flexibility index (Phi) is 4.24. The molecular weight excluding hydrogens is 298 g/mol. The molecule has 0 amide bonds. The van der Waals surface area contributed by atoms with E-state index >= 15 is 0 Å². The van der Waals surface area contributed by atoms with Crippen molar-refractivity contribution < 1.29 is 14.6 Å². The van der Waals surface area contributed by atoms with Crippen LogP contribution >= 0.6 is 15.9 Å². The predicted octanol–water partition coefficient (Wildman–Crippen LogP) is 1.98. The van der Waals surface area contributed by atoms with Crippen LogP contribution in [0, 0.1) is 5.92 Å². The predicted molar refractivity (Wildman–Crippen MR) is 71.8 cm³/mol. The molecule has 0 aromatic heterocycles. The summed E-state index contributed by atoms with van der Waals surface area (Å²) in [6.45, 7) is 1.06. The fraction of sp³-hybridized carbons (Fsp3) is 0.462. The standard InChI is InChI=1S/C13H16BrNO3/c14-11-6-8-2-4-18-12(8)10(7-11)5-9(1-3-15)13(16)17/h6-7,9H,1-5,15H2,(H,16,17). The molecule has 0 spiro atoms. The number of aliphatic carboxylic acids is 1. The summed E-state index contributed by atoms with van der Waals surface area (Å²) in [5, 5.41) is 9.18. The van der Waals surface area contributed by atoms with E-state index in [2.05, 4.69) is 15.9 Å². The van der Waals surface area contributed by atoms with Gasteiger partial charge in [-0.05, 0) is 42.6 Å². The van der Waals surface area contributed by atoms with Crippen molar-refractivity contribution in [1.82, 2.24) is 0 Å². The molecule has 4 nitrogen and oxygen atoms in total. The number of ether oxygens (including phenoxy) is 1. The molecule has 1 unspecified atom stereocenters. The van der Waals surface area contributed by atoms with E-state index in [0.29, 0.717) is 26.0 Å². The van der Waals surface area contributed by atoms with Gasteiger partial charge in [-0.3, -0.25) is 4.79 Å². The van der Waals surface area contributed by atoms with E-state index in [0.717, 1.165) is 27.8 Å². The van der Waals surface area contributed by atoms with Crippen LogP contribution in [0.2, 0.25) is 0 Å². The zero-order chi connectivity index (χ0) is 13.1. The maximum atomic E-state index is 11.2. The molecule has 0 aliphatic carbocycles. The van der Waals surface area contributed by atoms with E-state index in [-0.39, 0.29) is 0 Å². The Bertz CT molecular complexity index is 462. The molecule has 1 heterocycles. The van der Waals surface area contributed by atoms with Crippen LogP contribution in [0.1, 0.15) is 17.5 Å². The van der Waals surface area contributed by atoms with Gasteiger partial charge in [0, 0.05) is 10.9 Å². The number of carbonyl (C=O) groups is 1. The highest BCUT2D eigenvalue weighted by molar-refractivity contribution is 9.10. The highest BCUT2D eigenvalue weighted by atomic mass is 79.9. The summed E-state index contributed by atoms with van der Waals surface area (Å²) in [5.74, 6) is -0.383. The van der Waals surface area contributed by atoms with Gasteiger partial charge in [0.05, 0.1) is 12.5 Å². The maximum Gasteiger partial charge on any atom is 0.306 e. The molecule has 0 radical (unpaired) electrons. The van der Waals surface area contributed by atoms with Gasteiger partial charge in [0.15, 0.2) is 0 Å². The number of carboxylic acids is 1. The number of carboxylic acid groups (broad SMARTS) is 1. The van der Waals surface area contributed by atoms with Crippen LogP contribution in [0.15, 0.2) is 16.6 Å². The molecule has 5 heteroatoms. The Labute approximate surface area is 114 Å². The second kappa shape index (κ2) is 5.71. The average Bonchev–Trinajstić information content (AvgIpc) is 2.76. The van der Waals surface area contributed by atoms with Gasteiger partial charge in [0.25, 0.3) is 0 Å². The molecule has 1 atom stereocenters. The molecule has 98 valence electrons. The lowest BCUT2D eigenvalue weighted by atomic mass is 9.94. The van der Waals surface area contributed by atoms with Crippen molar-refractivity contribution in [3.8, 4) is 5.75 Å². The minimum atomic E-state index is -0.799. The molecule has 1 aromatic rings. The Balaban J connectivity index is 2.25. The Morgan fingerprint density at radius 3 is 3.00 bits per heavy atom. The summed E-state index contributed by atoms with van der Waals surface area (Å²) in [5.41, 5.74) is 7.57. The molecule has 18 heavy (non-hydrogen) atoms. The molecule has 0 saturated carbocycles. The summed E-state index contributed by atoms with van der Waals surface area (Å²) in [4.78, 5) is 11.2. The molecule has 0 bridgehead atoms. The van der Waals surface area contributed by atoms with E-state index in [1.807, 2.05) is 12.1 Å². The Morgan fingerprint density at radius 2 is 2.33 bits per heavy atom. The summed E-state index contributed by atoms with van der Waals surface area (Å²) >= 11 is 3.45. The van der Waals surface area contributed by atoms with Gasteiger partial charge in [0.1, 0.15) is 5.75 Å². The van der Waals surface area contributed by atoms with E-state index in [1.165, 1.54) is 0 Å². The first kappa shape index (κ1) is 13.4. The molecule has 1 aliphatic heterocycles. The molecule has 0 fully saturated rings. The summed E-state index contributed by atoms with van der Waals surface area (Å²) in [6, 6.07) is 3.97. The fourth-order valence-corrected chi connectivity index (χ4v) is 2.83. The van der Waals surface area contributed by atoms with Crippen LogP contribution in [-0.4, -0.2) is 24.2 Å². The fourth-order valence-electron chi connectivity index (χ4n) is 2.28. The van der Waals surface area contributed by atoms with Gasteiger partial charge in [0.2, 0.25) is 0 Å². The molecular formula is C13H16BrNO3. The minimum absolute atomic E-state index is 0.383. The Morgan fingerprint density at radius 1 is 1.56 bits per heavy atom. The zero-order valence-electron chi connectivity index (χ0n) is 9.99. The third kappa shape index (κ3) is 2.84. The van der Waals surface area contributed by atoms with Crippen molar-refractivity contribution >= 4 is 21.9 Å². The summed E-state index contributed by atoms with van der Waals surface area (Å²) in [6.07, 6.45) is 1.83. The van der Waals surface area contributed by atoms with Gasteiger partial charge in [-0.25, -0.2) is 0 Å². The van der Waals surface area contributed by atoms with Crippen molar-refractivity contribution in [3.05, 3.63) is 27.7 Å². The molecule has 1 aromatic carbocycles. The van der Waals surface area contributed by atoms with E-state index in [1.54, 1.807) is 0 Å². The normalized spacial score (nSPS) is 15.0. The number of benzene rings is 1. The lowest BCUT2D eigenvalue weighted by Gasteiger charge is -2.14. The topological polar surface area (TPSA) is 72.5 Å². The van der Waals surface area contributed by atoms with E-state index < -0.39 is 11.9 Å². The first-order valence-electron chi connectivity index (χ1n) is 5.98. The van der Waals surface area contributed by atoms with Crippen LogP contribution in [0.25, 0.3) is 0 Å². The van der Waals surface area contributed by atoms with E-state index in [4.69, 9.17) is 10.5 Å². The van der Waals surface area contributed by atoms with Gasteiger partial charge >= 0.3 is 5.97 Å². The molecule has 3 N–H and O–H groups in total. The van der Waals surface area contributed by atoms with Crippen LogP contribution in [-0.2, 0) is 17.6 Å². The number of fused-ring (bicyclic) bond motifs is 1. The van der Waals surface area contributed by atoms with Crippen molar-refractivity contribution in [2.75, 3.05) is 13.2 Å². The third-order valence-electron chi connectivity index (χ3n) is 3.16. The van der Waals surface area contributed by atoms with Crippen LogP contribution in [0.5, 0.6) is 5.75 Å². The molecule has 0 saturated heterocycles. The van der Waals surface area contributed by atoms with Crippen molar-refractivity contribution in [2.45, 2.75) is 19.3 Å². The molecule has 2 rings (SSSR count). The first-order chi connectivity index (χ1) is 8.61. The Hall–Kier alpha value is -1.07. The lowest BCUT2D eigenvalue weighted by Crippen LogP contribution is -2.20. The summed E-state index contributed by atoms with van der Waals surface area (Å²) < 4.78 is 6.57. The highest BCUT2D eigenvalue weighted by Gasteiger charge is 2.23. The SMILES string of the molecule is NCCC(Cc1cc(Br)cc2c1OCC2)C(=O)O. The largest absolute Gasteiger partial charge is 0.493 e. The summed E-state index contributed by atoms with van der Waals surface area (Å²) in [7, 11) is 0. The van der Waals surface area contributed by atoms with Gasteiger partial charge in [-0.15, -0.1) is 0 Å². The number of halogens is 1. The first-order valence-corrected chi connectivity index (χ1v) is 6.78. The zero-order valence-corrected chi connectivity index (χ0v) is 11.6. The van der Waals surface area contributed by atoms with Gasteiger partial charge in [-0.2, -0.15) is 0 Å². The van der Waals surface area contributed by atoms with Crippen LogP contribution < -0.4 is 10.5 Å². The average molecular weight is 314 g/mol. The van der Waals surface area contributed by atoms with Crippen molar-refractivity contribution in [2.24, 2.45) is 11.7 Å². The minimum Gasteiger partial charge on any atom is -0.493 e. The second-order valence-electron chi connectivity index (χ2n) is 4.47. The quantitative estimate of drug-likeness (QED) is 0.871. The number of hydrogen-bond acceptors (Lipinski definition) is 3. The maximum absolute atomic E-state index is 11.2. The van der Waals surface area contributed by atoms with Crippen LogP contribution in [0.4, 0.5) is 0 Å². The molecule has 1 aliphatic rings.